The summed E-state index contributed by atoms with van der Waals surface area (Å²) in [5.41, 5.74) is 2.00. The van der Waals surface area contributed by atoms with Crippen LogP contribution in [0, 0.1) is 0 Å². The molecule has 1 heterocycles. The van der Waals surface area contributed by atoms with Crippen LogP contribution in [0.3, 0.4) is 0 Å². The Bertz CT molecular complexity index is 1250. The van der Waals surface area contributed by atoms with Crippen LogP contribution in [0.15, 0.2) is 59.6 Å². The lowest BCUT2D eigenvalue weighted by atomic mass is 10.1. The van der Waals surface area contributed by atoms with Gasteiger partial charge >= 0.3 is 0 Å². The van der Waals surface area contributed by atoms with Gasteiger partial charge in [0.25, 0.3) is 15.9 Å². The van der Waals surface area contributed by atoms with Gasteiger partial charge in [-0.15, -0.1) is 0 Å². The van der Waals surface area contributed by atoms with Gasteiger partial charge in [-0.25, -0.2) is 8.42 Å². The number of fused-ring (bicyclic) bond motifs is 1. The summed E-state index contributed by atoms with van der Waals surface area (Å²) in [6.45, 7) is 2.41. The minimum atomic E-state index is -3.93. The molecule has 10 heteroatoms. The van der Waals surface area contributed by atoms with Crippen LogP contribution in [-0.4, -0.2) is 44.6 Å². The molecule has 0 fully saturated rings. The molecule has 3 aromatic rings. The Balaban J connectivity index is 1.71. The highest BCUT2D eigenvalue weighted by Gasteiger charge is 2.21. The first kappa shape index (κ1) is 23.4. The number of carbonyl (C=O) groups is 1. The summed E-state index contributed by atoms with van der Waals surface area (Å²) in [5, 5.41) is 6.29. The van der Waals surface area contributed by atoms with Crippen molar-refractivity contribution in [2.75, 3.05) is 20.2 Å². The fraction of sp³-hybridized carbons (Fsp3) is 0.227. The molecule has 32 heavy (non-hydrogen) atoms. The fourth-order valence-corrected chi connectivity index (χ4v) is 4.52. The Labute approximate surface area is 192 Å². The summed E-state index contributed by atoms with van der Waals surface area (Å²) in [7, 11) is -2.40. The van der Waals surface area contributed by atoms with Gasteiger partial charge in [-0.3, -0.25) is 14.5 Å². The highest BCUT2D eigenvalue weighted by molar-refractivity contribution is 7.92. The average Bonchev–Trinajstić information content (AvgIpc) is 2.79. The number of pyridine rings is 1. The molecule has 0 spiro atoms. The van der Waals surface area contributed by atoms with Crippen LogP contribution in [0.25, 0.3) is 10.9 Å². The van der Waals surface area contributed by atoms with E-state index in [0.717, 1.165) is 16.5 Å². The van der Waals surface area contributed by atoms with Crippen molar-refractivity contribution < 1.29 is 17.9 Å². The van der Waals surface area contributed by atoms with Crippen molar-refractivity contribution in [3.05, 3.63) is 65.9 Å². The number of benzene rings is 2. The lowest BCUT2D eigenvalue weighted by Crippen LogP contribution is -2.37. The Hall–Kier alpha value is -3.24. The van der Waals surface area contributed by atoms with E-state index in [1.54, 1.807) is 25.1 Å². The molecule has 0 aliphatic carbocycles. The third-order valence-corrected chi connectivity index (χ3v) is 6.41. The molecule has 0 bridgehead atoms. The predicted octanol–water partition coefficient (Wildman–Crippen LogP) is 2.39. The Morgan fingerprint density at radius 3 is 2.69 bits per heavy atom. The number of amides is 1. The van der Waals surface area contributed by atoms with E-state index >= 15 is 0 Å². The molecule has 0 saturated heterocycles. The van der Waals surface area contributed by atoms with Crippen LogP contribution >= 0.6 is 12.2 Å². The van der Waals surface area contributed by atoms with E-state index in [2.05, 4.69) is 20.3 Å². The molecule has 0 unspecified atom stereocenters. The third kappa shape index (κ3) is 5.71. The first-order chi connectivity index (χ1) is 15.3. The summed E-state index contributed by atoms with van der Waals surface area (Å²) in [6, 6.07) is 14.2. The summed E-state index contributed by atoms with van der Waals surface area (Å²) in [5.74, 6) is -0.0167. The van der Waals surface area contributed by atoms with Crippen molar-refractivity contribution in [1.82, 2.24) is 20.3 Å². The molecule has 0 aliphatic rings. The van der Waals surface area contributed by atoms with Gasteiger partial charge in [0.05, 0.1) is 17.7 Å². The molecule has 1 aromatic heterocycles. The number of nitrogens with zero attached hydrogens (tertiary/aromatic N) is 1. The maximum absolute atomic E-state index is 12.7. The van der Waals surface area contributed by atoms with Gasteiger partial charge in [-0.1, -0.05) is 24.3 Å². The van der Waals surface area contributed by atoms with Gasteiger partial charge < -0.3 is 15.4 Å². The number of aromatic nitrogens is 1. The Morgan fingerprint density at radius 1 is 1.16 bits per heavy atom. The Morgan fingerprint density at radius 2 is 1.94 bits per heavy atom. The molecular weight excluding hydrogens is 448 g/mol. The molecule has 3 N–H and O–H groups in total. The van der Waals surface area contributed by atoms with Crippen molar-refractivity contribution in [3.8, 4) is 5.75 Å². The SMILES string of the molecule is CCOc1ccc(CCNC(=O)c2cnc3ccccc3c2)cc1S(=O)(=O)NC(=S)NC. The number of nitrogens with one attached hydrogen (secondary N) is 3. The van der Waals surface area contributed by atoms with E-state index in [-0.39, 0.29) is 21.7 Å². The molecule has 0 atom stereocenters. The first-order valence-corrected chi connectivity index (χ1v) is 11.9. The molecule has 2 aromatic carbocycles. The first-order valence-electron chi connectivity index (χ1n) is 9.97. The van der Waals surface area contributed by atoms with E-state index in [0.29, 0.717) is 25.1 Å². The van der Waals surface area contributed by atoms with Gasteiger partial charge in [0, 0.05) is 25.2 Å². The second-order valence-corrected chi connectivity index (χ2v) is 8.88. The summed E-state index contributed by atoms with van der Waals surface area (Å²) < 4.78 is 33.2. The number of ether oxygens (including phenoxy) is 1. The summed E-state index contributed by atoms with van der Waals surface area (Å²) >= 11 is 4.92. The monoisotopic (exact) mass is 472 g/mol. The molecule has 0 saturated carbocycles. The van der Waals surface area contributed by atoms with Crippen molar-refractivity contribution in [2.45, 2.75) is 18.2 Å². The van der Waals surface area contributed by atoms with Crippen LogP contribution in [0.1, 0.15) is 22.8 Å². The lowest BCUT2D eigenvalue weighted by molar-refractivity contribution is 0.0954. The van der Waals surface area contributed by atoms with Crippen molar-refractivity contribution in [2.24, 2.45) is 0 Å². The maximum Gasteiger partial charge on any atom is 0.267 e. The van der Waals surface area contributed by atoms with Crippen LogP contribution in [0.4, 0.5) is 0 Å². The largest absolute Gasteiger partial charge is 0.492 e. The summed E-state index contributed by atoms with van der Waals surface area (Å²) in [4.78, 5) is 16.8. The van der Waals surface area contributed by atoms with Crippen molar-refractivity contribution >= 4 is 44.2 Å². The number of carbonyl (C=O) groups excluding carboxylic acids is 1. The molecule has 1 amide bonds. The average molecular weight is 473 g/mol. The zero-order chi connectivity index (χ0) is 23.1. The normalized spacial score (nSPS) is 11.1. The molecule has 0 radical (unpaired) electrons. The van der Waals surface area contributed by atoms with E-state index in [9.17, 15) is 13.2 Å². The van der Waals surface area contributed by atoms with Crippen molar-refractivity contribution in [1.29, 1.82) is 0 Å². The van der Waals surface area contributed by atoms with Crippen LogP contribution in [0.2, 0.25) is 0 Å². The Kier molecular flexibility index (Phi) is 7.60. The second kappa shape index (κ2) is 10.4. The predicted molar refractivity (Wildman–Crippen MR) is 127 cm³/mol. The van der Waals surface area contributed by atoms with Gasteiger partial charge in [0.2, 0.25) is 0 Å². The third-order valence-electron chi connectivity index (χ3n) is 4.60. The standard InChI is InChI=1S/C22H24N4O4S2/c1-3-30-19-9-8-15(12-20(19)32(28,29)26-22(31)23-2)10-11-24-21(27)17-13-16-6-4-5-7-18(16)25-14-17/h4-9,12-14H,3,10-11H2,1-2H3,(H,24,27)(H2,23,26,31). The molecule has 3 rings (SSSR count). The van der Waals surface area contributed by atoms with Gasteiger partial charge in [0.1, 0.15) is 10.6 Å². The molecular formula is C22H24N4O4S2. The van der Waals surface area contributed by atoms with Gasteiger partial charge in [-0.05, 0) is 55.4 Å². The quantitative estimate of drug-likeness (QED) is 0.432. The lowest BCUT2D eigenvalue weighted by Gasteiger charge is -2.14. The fourth-order valence-electron chi connectivity index (χ4n) is 3.04. The van der Waals surface area contributed by atoms with E-state index in [4.69, 9.17) is 17.0 Å². The zero-order valence-corrected chi connectivity index (χ0v) is 19.3. The number of sulfonamides is 1. The zero-order valence-electron chi connectivity index (χ0n) is 17.7. The number of hydrogen-bond donors (Lipinski definition) is 3. The van der Waals surface area contributed by atoms with E-state index < -0.39 is 10.0 Å². The maximum atomic E-state index is 12.7. The second-order valence-electron chi connectivity index (χ2n) is 6.82. The molecule has 8 nitrogen and oxygen atoms in total. The van der Waals surface area contributed by atoms with Crippen LogP contribution < -0.4 is 20.1 Å². The number of para-hydroxylation sites is 1. The molecule has 168 valence electrons. The summed E-state index contributed by atoms with van der Waals surface area (Å²) in [6.07, 6.45) is 1.97. The topological polar surface area (TPSA) is 109 Å². The minimum absolute atomic E-state index is 0.0143. The highest BCUT2D eigenvalue weighted by atomic mass is 32.2. The number of thiocarbonyl (C=S) groups is 1. The van der Waals surface area contributed by atoms with E-state index in [1.807, 2.05) is 24.3 Å². The number of rotatable bonds is 8. The number of hydrogen-bond acceptors (Lipinski definition) is 6. The minimum Gasteiger partial charge on any atom is -0.492 e. The van der Waals surface area contributed by atoms with Gasteiger partial charge in [0.15, 0.2) is 5.11 Å². The van der Waals surface area contributed by atoms with Crippen molar-refractivity contribution in [3.63, 3.8) is 0 Å². The smallest absolute Gasteiger partial charge is 0.267 e. The van der Waals surface area contributed by atoms with E-state index in [1.165, 1.54) is 19.3 Å². The van der Waals surface area contributed by atoms with Gasteiger partial charge in [-0.2, -0.15) is 0 Å². The highest BCUT2D eigenvalue weighted by Crippen LogP contribution is 2.25. The van der Waals surface area contributed by atoms with Crippen LogP contribution in [-0.2, 0) is 16.4 Å². The van der Waals surface area contributed by atoms with Crippen LogP contribution in [0.5, 0.6) is 5.75 Å². The molecule has 0 aliphatic heterocycles.